The molecule has 1 saturated heterocycles. The molecule has 1 fully saturated rings. The number of hydrogen-bond donors (Lipinski definition) is 0. The predicted molar refractivity (Wildman–Crippen MR) is 65.9 cm³/mol. The Kier molecular flexibility index (Phi) is 3.92. The molecular weight excluding hydrogens is 206 g/mol. The first-order chi connectivity index (χ1) is 7.40. The Bertz CT molecular complexity index is 310. The Hall–Kier alpha value is -0.670. The monoisotopic (exact) mass is 223 g/mol. The average molecular weight is 223 g/mol. The smallest absolute Gasteiger partial charge is 0.0642 e. The van der Waals surface area contributed by atoms with Gasteiger partial charge in [-0.15, -0.1) is 11.8 Å². The fourth-order valence-corrected chi connectivity index (χ4v) is 2.47. The predicted octanol–water partition coefficient (Wildman–Crippen LogP) is 2.64. The molecule has 2 nitrogen and oxygen atoms in total. The average Bonchev–Trinajstić information content (AvgIpc) is 2.31. The number of morpholine rings is 1. The highest BCUT2D eigenvalue weighted by Crippen LogP contribution is 2.24. The van der Waals surface area contributed by atoms with Crippen LogP contribution < -0.4 is 4.90 Å². The molecule has 1 aromatic rings. The Morgan fingerprint density at radius 3 is 2.87 bits per heavy atom. The molecule has 0 saturated carbocycles. The van der Waals surface area contributed by atoms with Gasteiger partial charge in [-0.05, 0) is 24.0 Å². The Morgan fingerprint density at radius 2 is 2.13 bits per heavy atom. The van der Waals surface area contributed by atoms with Gasteiger partial charge in [0.2, 0.25) is 0 Å². The molecule has 0 spiro atoms. The molecule has 0 unspecified atom stereocenters. The van der Waals surface area contributed by atoms with Crippen molar-refractivity contribution in [1.82, 2.24) is 0 Å². The molecule has 0 radical (unpaired) electrons. The van der Waals surface area contributed by atoms with Crippen molar-refractivity contribution in [2.24, 2.45) is 0 Å². The summed E-state index contributed by atoms with van der Waals surface area (Å²) >= 11 is 1.90. The van der Waals surface area contributed by atoms with Crippen LogP contribution in [0.15, 0.2) is 29.2 Å². The number of ether oxygens (including phenoxy) is 1. The van der Waals surface area contributed by atoms with Crippen molar-refractivity contribution in [2.45, 2.75) is 11.8 Å². The third-order valence-electron chi connectivity index (χ3n) is 2.50. The zero-order valence-corrected chi connectivity index (χ0v) is 9.93. The zero-order chi connectivity index (χ0) is 10.5. The number of rotatable bonds is 3. The summed E-state index contributed by atoms with van der Waals surface area (Å²) in [5, 5.41) is 0. The van der Waals surface area contributed by atoms with E-state index in [-0.39, 0.29) is 0 Å². The molecule has 1 aliphatic heterocycles. The minimum atomic E-state index is 0.852. The second kappa shape index (κ2) is 5.42. The highest BCUT2D eigenvalue weighted by atomic mass is 32.2. The van der Waals surface area contributed by atoms with E-state index in [0.29, 0.717) is 0 Å². The lowest BCUT2D eigenvalue weighted by Gasteiger charge is -2.29. The molecule has 82 valence electrons. The summed E-state index contributed by atoms with van der Waals surface area (Å²) in [5.41, 5.74) is 1.33. The van der Waals surface area contributed by atoms with E-state index >= 15 is 0 Å². The molecule has 0 atom stereocenters. The maximum Gasteiger partial charge on any atom is 0.0642 e. The van der Waals surface area contributed by atoms with Crippen molar-refractivity contribution >= 4 is 17.4 Å². The van der Waals surface area contributed by atoms with E-state index in [1.807, 2.05) is 11.8 Å². The van der Waals surface area contributed by atoms with Gasteiger partial charge in [0.1, 0.15) is 0 Å². The lowest BCUT2D eigenvalue weighted by atomic mass is 10.2. The van der Waals surface area contributed by atoms with Gasteiger partial charge in [-0.3, -0.25) is 0 Å². The lowest BCUT2D eigenvalue weighted by Crippen LogP contribution is -2.36. The molecule has 3 heteroatoms. The van der Waals surface area contributed by atoms with E-state index < -0.39 is 0 Å². The molecular formula is C12H17NOS. The highest BCUT2D eigenvalue weighted by Gasteiger charge is 2.10. The molecule has 0 aromatic heterocycles. The van der Waals surface area contributed by atoms with Crippen LogP contribution in [0.3, 0.4) is 0 Å². The number of thioether (sulfide) groups is 1. The molecule has 15 heavy (non-hydrogen) atoms. The second-order valence-electron chi connectivity index (χ2n) is 3.53. The summed E-state index contributed by atoms with van der Waals surface area (Å²) < 4.78 is 5.35. The fraction of sp³-hybridized carbons (Fsp3) is 0.500. The van der Waals surface area contributed by atoms with Crippen LogP contribution in [0.4, 0.5) is 5.69 Å². The first-order valence-electron chi connectivity index (χ1n) is 5.45. The maximum absolute atomic E-state index is 5.35. The summed E-state index contributed by atoms with van der Waals surface area (Å²) in [7, 11) is 0. The summed E-state index contributed by atoms with van der Waals surface area (Å²) in [6, 6.07) is 8.78. The van der Waals surface area contributed by atoms with E-state index in [1.54, 1.807) is 0 Å². The van der Waals surface area contributed by atoms with Crippen LogP contribution in [0.2, 0.25) is 0 Å². The lowest BCUT2D eigenvalue weighted by molar-refractivity contribution is 0.122. The first kappa shape index (κ1) is 10.8. The summed E-state index contributed by atoms with van der Waals surface area (Å²) in [5.74, 6) is 1.13. The van der Waals surface area contributed by atoms with Gasteiger partial charge in [-0.1, -0.05) is 13.0 Å². The number of anilines is 1. The van der Waals surface area contributed by atoms with Gasteiger partial charge >= 0.3 is 0 Å². The topological polar surface area (TPSA) is 12.5 Å². The molecule has 1 aliphatic rings. The number of nitrogens with zero attached hydrogens (tertiary/aromatic N) is 1. The zero-order valence-electron chi connectivity index (χ0n) is 9.11. The highest BCUT2D eigenvalue weighted by molar-refractivity contribution is 7.99. The van der Waals surface area contributed by atoms with Gasteiger partial charge in [0.25, 0.3) is 0 Å². The first-order valence-corrected chi connectivity index (χ1v) is 6.44. The fourth-order valence-electron chi connectivity index (χ4n) is 1.76. The van der Waals surface area contributed by atoms with Gasteiger partial charge in [-0.25, -0.2) is 0 Å². The van der Waals surface area contributed by atoms with Crippen molar-refractivity contribution in [3.63, 3.8) is 0 Å². The van der Waals surface area contributed by atoms with Crippen molar-refractivity contribution in [1.29, 1.82) is 0 Å². The Balaban J connectivity index is 2.09. The normalized spacial score (nSPS) is 16.7. The van der Waals surface area contributed by atoms with Crippen molar-refractivity contribution in [3.8, 4) is 0 Å². The summed E-state index contributed by atoms with van der Waals surface area (Å²) in [6.45, 7) is 5.92. The van der Waals surface area contributed by atoms with Gasteiger partial charge in [0.05, 0.1) is 13.2 Å². The van der Waals surface area contributed by atoms with Crippen LogP contribution in [0.25, 0.3) is 0 Å². The third-order valence-corrected chi connectivity index (χ3v) is 3.38. The van der Waals surface area contributed by atoms with Gasteiger partial charge in [-0.2, -0.15) is 0 Å². The van der Waals surface area contributed by atoms with Gasteiger partial charge in [0, 0.05) is 23.7 Å². The second-order valence-corrected chi connectivity index (χ2v) is 4.87. The summed E-state index contributed by atoms with van der Waals surface area (Å²) in [6.07, 6.45) is 0. The van der Waals surface area contributed by atoms with E-state index in [0.717, 1.165) is 32.1 Å². The number of benzene rings is 1. The Labute approximate surface area is 95.6 Å². The minimum absolute atomic E-state index is 0.852. The van der Waals surface area contributed by atoms with Crippen LogP contribution in [-0.4, -0.2) is 32.1 Å². The summed E-state index contributed by atoms with van der Waals surface area (Å²) in [4.78, 5) is 3.75. The molecule has 2 rings (SSSR count). The molecule has 0 amide bonds. The molecule has 0 N–H and O–H groups in total. The van der Waals surface area contributed by atoms with E-state index in [2.05, 4.69) is 36.1 Å². The van der Waals surface area contributed by atoms with E-state index in [4.69, 9.17) is 4.74 Å². The van der Waals surface area contributed by atoms with Crippen molar-refractivity contribution in [2.75, 3.05) is 37.0 Å². The standard InChI is InChI=1S/C12H17NOS/c1-2-15-12-5-3-4-11(10-12)13-6-8-14-9-7-13/h3-5,10H,2,6-9H2,1H3. The van der Waals surface area contributed by atoms with E-state index in [1.165, 1.54) is 10.6 Å². The van der Waals surface area contributed by atoms with Crippen LogP contribution in [0.5, 0.6) is 0 Å². The Morgan fingerprint density at radius 1 is 1.33 bits per heavy atom. The molecule has 0 aliphatic carbocycles. The van der Waals surface area contributed by atoms with Crippen molar-refractivity contribution in [3.05, 3.63) is 24.3 Å². The van der Waals surface area contributed by atoms with Crippen LogP contribution in [-0.2, 0) is 4.74 Å². The van der Waals surface area contributed by atoms with Crippen LogP contribution >= 0.6 is 11.8 Å². The van der Waals surface area contributed by atoms with E-state index in [9.17, 15) is 0 Å². The largest absolute Gasteiger partial charge is 0.378 e. The minimum Gasteiger partial charge on any atom is -0.378 e. The van der Waals surface area contributed by atoms with Crippen molar-refractivity contribution < 1.29 is 4.74 Å². The van der Waals surface area contributed by atoms with Crippen LogP contribution in [0.1, 0.15) is 6.92 Å². The third kappa shape index (κ3) is 2.89. The quantitative estimate of drug-likeness (QED) is 0.731. The van der Waals surface area contributed by atoms with Gasteiger partial charge < -0.3 is 9.64 Å². The van der Waals surface area contributed by atoms with Gasteiger partial charge in [0.15, 0.2) is 0 Å². The molecule has 1 heterocycles. The molecule has 1 aromatic carbocycles. The number of hydrogen-bond acceptors (Lipinski definition) is 3. The SMILES string of the molecule is CCSc1cccc(N2CCOCC2)c1. The maximum atomic E-state index is 5.35. The van der Waals surface area contributed by atoms with Crippen LogP contribution in [0, 0.1) is 0 Å². The molecule has 0 bridgehead atoms.